The Morgan fingerprint density at radius 2 is 1.55 bits per heavy atom. The number of hydrogen-bond acceptors (Lipinski definition) is 7. The van der Waals surface area contributed by atoms with Crippen LogP contribution in [0.3, 0.4) is 0 Å². The summed E-state index contributed by atoms with van der Waals surface area (Å²) in [6, 6.07) is -0.963. The minimum absolute atomic E-state index is 0.00653. The first-order valence-corrected chi connectivity index (χ1v) is 7.17. The number of aliphatic hydroxyl groups is 1. The highest BCUT2D eigenvalue weighted by Gasteiger charge is 2.11. The van der Waals surface area contributed by atoms with Crippen LogP contribution < -0.4 is 11.1 Å². The van der Waals surface area contributed by atoms with Crippen molar-refractivity contribution >= 4 is 11.9 Å². The smallest absolute Gasteiger partial charge is 0.320 e. The quantitative estimate of drug-likeness (QED) is 0.263. The van der Waals surface area contributed by atoms with Gasteiger partial charge in [-0.25, -0.2) is 0 Å². The molecular weight excluding hydrogens is 296 g/mol. The van der Waals surface area contributed by atoms with Crippen LogP contribution in [-0.2, 0) is 23.8 Å². The van der Waals surface area contributed by atoms with E-state index in [0.29, 0.717) is 33.0 Å². The third-order valence-corrected chi connectivity index (χ3v) is 2.55. The van der Waals surface area contributed by atoms with E-state index in [1.807, 2.05) is 0 Å². The van der Waals surface area contributed by atoms with Crippen molar-refractivity contribution in [3.63, 3.8) is 0 Å². The van der Waals surface area contributed by atoms with Gasteiger partial charge in [-0.05, 0) is 6.42 Å². The molecule has 0 aliphatic rings. The Morgan fingerprint density at radius 1 is 1.00 bits per heavy atom. The first-order chi connectivity index (χ1) is 10.6. The van der Waals surface area contributed by atoms with Crippen LogP contribution >= 0.6 is 0 Å². The Kier molecular flexibility index (Phi) is 13.8. The van der Waals surface area contributed by atoms with E-state index >= 15 is 0 Å². The van der Waals surface area contributed by atoms with E-state index in [0.717, 1.165) is 0 Å². The van der Waals surface area contributed by atoms with Crippen molar-refractivity contribution < 1.29 is 34.0 Å². The van der Waals surface area contributed by atoms with Gasteiger partial charge in [0.15, 0.2) is 0 Å². The summed E-state index contributed by atoms with van der Waals surface area (Å²) < 4.78 is 15.4. The molecule has 0 spiro atoms. The highest BCUT2D eigenvalue weighted by molar-refractivity contribution is 5.76. The van der Waals surface area contributed by atoms with Gasteiger partial charge in [0.25, 0.3) is 0 Å². The fourth-order valence-corrected chi connectivity index (χ4v) is 1.35. The van der Waals surface area contributed by atoms with Crippen molar-refractivity contribution in [3.8, 4) is 0 Å². The summed E-state index contributed by atoms with van der Waals surface area (Å²) in [6.45, 7) is 2.40. The molecule has 0 aromatic carbocycles. The molecule has 0 bridgehead atoms. The number of carboxylic acid groups (broad SMARTS) is 1. The number of nitrogens with one attached hydrogen (secondary N) is 1. The maximum absolute atomic E-state index is 11.4. The second kappa shape index (κ2) is 14.7. The Morgan fingerprint density at radius 3 is 2.09 bits per heavy atom. The molecule has 22 heavy (non-hydrogen) atoms. The zero-order chi connectivity index (χ0) is 16.6. The SMILES string of the molecule is N[C@@H](CCNC(=O)CCOCCOCCOCCO)C(=O)O. The molecule has 0 aromatic heterocycles. The number of carbonyl (C=O) groups excluding carboxylic acids is 1. The molecule has 130 valence electrons. The number of nitrogens with two attached hydrogens (primary N) is 1. The summed E-state index contributed by atoms with van der Waals surface area (Å²) in [5.74, 6) is -1.30. The number of aliphatic hydroxyl groups excluding tert-OH is 1. The van der Waals surface area contributed by atoms with Crippen LogP contribution in [0.25, 0.3) is 0 Å². The van der Waals surface area contributed by atoms with E-state index in [9.17, 15) is 9.59 Å². The molecule has 5 N–H and O–H groups in total. The van der Waals surface area contributed by atoms with Crippen LogP contribution in [0.1, 0.15) is 12.8 Å². The van der Waals surface area contributed by atoms with Crippen molar-refractivity contribution in [1.29, 1.82) is 0 Å². The molecule has 0 saturated heterocycles. The maximum atomic E-state index is 11.4. The topological polar surface area (TPSA) is 140 Å². The second-order valence-electron chi connectivity index (χ2n) is 4.39. The molecule has 9 nitrogen and oxygen atoms in total. The minimum atomic E-state index is -1.08. The molecule has 0 aromatic rings. The number of rotatable bonds is 15. The molecule has 1 atom stereocenters. The molecule has 1 amide bonds. The van der Waals surface area contributed by atoms with Gasteiger partial charge in [-0.2, -0.15) is 0 Å². The van der Waals surface area contributed by atoms with Crippen LogP contribution in [0.2, 0.25) is 0 Å². The predicted octanol–water partition coefficient (Wildman–Crippen LogP) is -1.66. The van der Waals surface area contributed by atoms with Crippen LogP contribution in [0, 0.1) is 0 Å². The van der Waals surface area contributed by atoms with Gasteiger partial charge in [0.2, 0.25) is 5.91 Å². The summed E-state index contributed by atoms with van der Waals surface area (Å²) in [5.41, 5.74) is 5.30. The Bertz CT molecular complexity index is 302. The van der Waals surface area contributed by atoms with E-state index in [1.54, 1.807) is 0 Å². The van der Waals surface area contributed by atoms with Gasteiger partial charge in [-0.15, -0.1) is 0 Å². The van der Waals surface area contributed by atoms with Crippen molar-refractivity contribution in [2.45, 2.75) is 18.9 Å². The predicted molar refractivity (Wildman–Crippen MR) is 77.4 cm³/mol. The Labute approximate surface area is 129 Å². The highest BCUT2D eigenvalue weighted by Crippen LogP contribution is 1.89. The molecule has 0 heterocycles. The van der Waals surface area contributed by atoms with Gasteiger partial charge in [0, 0.05) is 13.0 Å². The van der Waals surface area contributed by atoms with E-state index in [2.05, 4.69) is 5.32 Å². The highest BCUT2D eigenvalue weighted by atomic mass is 16.5. The molecule has 0 aliphatic heterocycles. The van der Waals surface area contributed by atoms with Crippen molar-refractivity contribution in [1.82, 2.24) is 5.32 Å². The standard InChI is InChI=1S/C13H26N2O7/c14-11(13(18)19)1-3-15-12(17)2-5-20-7-9-22-10-8-21-6-4-16/h11,16H,1-10,14H2,(H,15,17)(H,18,19)/t11-/m0/s1. The van der Waals surface area contributed by atoms with Crippen LogP contribution in [0.4, 0.5) is 0 Å². The largest absolute Gasteiger partial charge is 0.480 e. The zero-order valence-corrected chi connectivity index (χ0v) is 12.7. The molecule has 9 heteroatoms. The van der Waals surface area contributed by atoms with E-state index < -0.39 is 12.0 Å². The first-order valence-electron chi connectivity index (χ1n) is 7.17. The van der Waals surface area contributed by atoms with Crippen molar-refractivity contribution in [2.24, 2.45) is 5.73 Å². The summed E-state index contributed by atoms with van der Waals surface area (Å²) in [7, 11) is 0. The second-order valence-corrected chi connectivity index (χ2v) is 4.39. The lowest BCUT2D eigenvalue weighted by Crippen LogP contribution is -2.35. The fraction of sp³-hybridized carbons (Fsp3) is 0.846. The lowest BCUT2D eigenvalue weighted by atomic mass is 10.2. The normalized spacial score (nSPS) is 12.1. The number of ether oxygens (including phenoxy) is 3. The van der Waals surface area contributed by atoms with Gasteiger partial charge in [0.05, 0.1) is 46.2 Å². The molecule has 0 unspecified atom stereocenters. The Hall–Kier alpha value is -1.26. The molecular formula is C13H26N2O7. The van der Waals surface area contributed by atoms with E-state index in [4.69, 9.17) is 30.2 Å². The van der Waals surface area contributed by atoms with Crippen molar-refractivity contribution in [2.75, 3.05) is 52.8 Å². The average Bonchev–Trinajstić information content (AvgIpc) is 2.49. The summed E-state index contributed by atoms with van der Waals surface area (Å²) in [6.07, 6.45) is 0.385. The van der Waals surface area contributed by atoms with Crippen molar-refractivity contribution in [3.05, 3.63) is 0 Å². The fourth-order valence-electron chi connectivity index (χ4n) is 1.35. The van der Waals surface area contributed by atoms with Gasteiger partial charge in [-0.1, -0.05) is 0 Å². The lowest BCUT2D eigenvalue weighted by Gasteiger charge is -2.08. The zero-order valence-electron chi connectivity index (χ0n) is 12.7. The third kappa shape index (κ3) is 13.7. The van der Waals surface area contributed by atoms with Crippen LogP contribution in [0.5, 0.6) is 0 Å². The van der Waals surface area contributed by atoms with Gasteiger partial charge in [0.1, 0.15) is 6.04 Å². The molecule has 0 radical (unpaired) electrons. The molecule has 0 aliphatic carbocycles. The molecule has 0 fully saturated rings. The number of aliphatic carboxylic acids is 1. The van der Waals surface area contributed by atoms with Gasteiger partial charge < -0.3 is 35.5 Å². The van der Waals surface area contributed by atoms with Gasteiger partial charge >= 0.3 is 5.97 Å². The average molecular weight is 322 g/mol. The number of amides is 1. The van der Waals surface area contributed by atoms with E-state index in [1.165, 1.54) is 0 Å². The summed E-state index contributed by atoms with van der Waals surface area (Å²) in [4.78, 5) is 21.8. The first kappa shape index (κ1) is 20.7. The summed E-state index contributed by atoms with van der Waals surface area (Å²) in [5, 5.41) is 19.6. The molecule has 0 rings (SSSR count). The van der Waals surface area contributed by atoms with Gasteiger partial charge in [-0.3, -0.25) is 9.59 Å². The number of carbonyl (C=O) groups is 2. The summed E-state index contributed by atoms with van der Waals surface area (Å²) >= 11 is 0. The number of hydrogen-bond donors (Lipinski definition) is 4. The minimum Gasteiger partial charge on any atom is -0.480 e. The Balaban J connectivity index is 3.27. The maximum Gasteiger partial charge on any atom is 0.320 e. The van der Waals surface area contributed by atoms with Crippen LogP contribution in [-0.4, -0.2) is 80.9 Å². The lowest BCUT2D eigenvalue weighted by molar-refractivity contribution is -0.138. The van der Waals surface area contributed by atoms with Crippen LogP contribution in [0.15, 0.2) is 0 Å². The monoisotopic (exact) mass is 322 g/mol. The third-order valence-electron chi connectivity index (χ3n) is 2.55. The molecule has 0 saturated carbocycles. The van der Waals surface area contributed by atoms with E-state index in [-0.39, 0.29) is 38.5 Å². The number of carboxylic acids is 1.